The van der Waals surface area contributed by atoms with Crippen molar-refractivity contribution in [2.45, 2.75) is 25.9 Å². The van der Waals surface area contributed by atoms with Gasteiger partial charge in [-0.3, -0.25) is 4.79 Å². The number of hydrogen-bond acceptors (Lipinski definition) is 3. The van der Waals surface area contributed by atoms with E-state index in [2.05, 4.69) is 4.98 Å². The molecule has 0 radical (unpaired) electrons. The summed E-state index contributed by atoms with van der Waals surface area (Å²) in [5.74, 6) is -0.104. The maximum absolute atomic E-state index is 12.6. The summed E-state index contributed by atoms with van der Waals surface area (Å²) in [4.78, 5) is 18.3. The summed E-state index contributed by atoms with van der Waals surface area (Å²) >= 11 is 5.85. The number of nitrogens with zero attached hydrogens (tertiary/aromatic N) is 2. The Kier molecular flexibility index (Phi) is 6.97. The van der Waals surface area contributed by atoms with Gasteiger partial charge in [0.1, 0.15) is 5.15 Å². The molecule has 0 aliphatic heterocycles. The van der Waals surface area contributed by atoms with Gasteiger partial charge in [0.05, 0.1) is 0 Å². The number of carbonyl (C=O) groups is 1. The Labute approximate surface area is 147 Å². The minimum atomic E-state index is -0.104. The van der Waals surface area contributed by atoms with Crippen molar-refractivity contribution in [3.63, 3.8) is 0 Å². The van der Waals surface area contributed by atoms with E-state index in [0.29, 0.717) is 18.1 Å². The number of benzene rings is 1. The number of rotatable bonds is 7. The highest BCUT2D eigenvalue weighted by Gasteiger charge is 2.18. The van der Waals surface area contributed by atoms with Gasteiger partial charge in [-0.25, -0.2) is 4.98 Å². The highest BCUT2D eigenvalue weighted by atomic mass is 35.5. The third kappa shape index (κ3) is 5.48. The topological polar surface area (TPSA) is 53.4 Å². The van der Waals surface area contributed by atoms with Crippen LogP contribution in [0.3, 0.4) is 0 Å². The first-order chi connectivity index (χ1) is 11.6. The first-order valence-electron chi connectivity index (χ1n) is 7.85. The summed E-state index contributed by atoms with van der Waals surface area (Å²) < 4.78 is 0. The molecule has 1 N–H and O–H groups in total. The Morgan fingerprint density at radius 1 is 1.33 bits per heavy atom. The average Bonchev–Trinajstić information content (AvgIpc) is 2.59. The molecule has 1 amide bonds. The van der Waals surface area contributed by atoms with Gasteiger partial charge in [-0.2, -0.15) is 0 Å². The van der Waals surface area contributed by atoms with Gasteiger partial charge in [-0.15, -0.1) is 0 Å². The van der Waals surface area contributed by atoms with E-state index in [-0.39, 0.29) is 18.6 Å². The number of halogens is 1. The Bertz CT molecular complexity index is 689. The maximum Gasteiger partial charge on any atom is 0.247 e. The monoisotopic (exact) mass is 344 g/mol. The molecular formula is C19H21ClN2O2. The van der Waals surface area contributed by atoms with Crippen LogP contribution in [0.4, 0.5) is 0 Å². The van der Waals surface area contributed by atoms with Crippen LogP contribution >= 0.6 is 11.6 Å². The lowest BCUT2D eigenvalue weighted by Gasteiger charge is -2.28. The third-order valence-corrected chi connectivity index (χ3v) is 3.93. The van der Waals surface area contributed by atoms with Crippen molar-refractivity contribution in [1.29, 1.82) is 0 Å². The molecule has 1 unspecified atom stereocenters. The molecule has 0 bridgehead atoms. The van der Waals surface area contributed by atoms with Crippen LogP contribution in [-0.2, 0) is 11.3 Å². The molecule has 0 aliphatic rings. The Hall–Kier alpha value is -2.17. The summed E-state index contributed by atoms with van der Waals surface area (Å²) in [5, 5.41) is 9.58. The number of aromatic nitrogens is 1. The fraction of sp³-hybridized carbons (Fsp3) is 0.263. The van der Waals surface area contributed by atoms with Crippen molar-refractivity contribution in [1.82, 2.24) is 9.88 Å². The van der Waals surface area contributed by atoms with Gasteiger partial charge < -0.3 is 10.0 Å². The molecule has 2 aromatic rings. The minimum absolute atomic E-state index is 0.0451. The van der Waals surface area contributed by atoms with Crippen LogP contribution in [0, 0.1) is 0 Å². The van der Waals surface area contributed by atoms with Gasteiger partial charge in [0.15, 0.2) is 0 Å². The van der Waals surface area contributed by atoms with E-state index in [9.17, 15) is 9.90 Å². The van der Waals surface area contributed by atoms with Crippen LogP contribution in [0.25, 0.3) is 6.08 Å². The van der Waals surface area contributed by atoms with Crippen molar-refractivity contribution in [2.24, 2.45) is 0 Å². The largest absolute Gasteiger partial charge is 0.396 e. The number of carbonyl (C=O) groups excluding carboxylic acids is 1. The summed E-state index contributed by atoms with van der Waals surface area (Å²) in [6.07, 6.45) is 5.39. The first kappa shape index (κ1) is 18.2. The zero-order valence-corrected chi connectivity index (χ0v) is 14.4. The lowest BCUT2D eigenvalue weighted by Crippen LogP contribution is -2.37. The third-order valence-electron chi connectivity index (χ3n) is 3.73. The number of amides is 1. The van der Waals surface area contributed by atoms with Gasteiger partial charge in [-0.05, 0) is 42.7 Å². The molecule has 126 valence electrons. The van der Waals surface area contributed by atoms with Crippen LogP contribution in [0.2, 0.25) is 5.15 Å². The van der Waals surface area contributed by atoms with E-state index < -0.39 is 0 Å². The fourth-order valence-corrected chi connectivity index (χ4v) is 2.54. The van der Waals surface area contributed by atoms with E-state index in [1.165, 1.54) is 6.08 Å². The van der Waals surface area contributed by atoms with E-state index in [0.717, 1.165) is 11.1 Å². The van der Waals surface area contributed by atoms with Crippen LogP contribution < -0.4 is 0 Å². The molecule has 2 rings (SSSR count). The second kappa shape index (κ2) is 9.21. The number of hydrogen-bond donors (Lipinski definition) is 1. The highest BCUT2D eigenvalue weighted by Crippen LogP contribution is 2.13. The lowest BCUT2D eigenvalue weighted by atomic mass is 10.1. The van der Waals surface area contributed by atoms with Crippen LogP contribution in [0.1, 0.15) is 24.5 Å². The number of aliphatic hydroxyl groups excluding tert-OH is 1. The molecule has 0 aliphatic carbocycles. The molecule has 0 spiro atoms. The molecule has 1 heterocycles. The van der Waals surface area contributed by atoms with E-state index in [4.69, 9.17) is 11.6 Å². The second-order valence-electron chi connectivity index (χ2n) is 5.56. The van der Waals surface area contributed by atoms with Crippen LogP contribution in [0.15, 0.2) is 54.7 Å². The standard InChI is InChI=1S/C19H21ClN2O2/c1-15(10-12-23)22(14-17-5-3-2-4-6-17)19(24)8-7-16-9-11-21-18(20)13-16/h2-9,11,13,15,23H,10,12,14H2,1H3/b8-7+. The highest BCUT2D eigenvalue weighted by molar-refractivity contribution is 6.29. The molecule has 1 aromatic carbocycles. The van der Waals surface area contributed by atoms with Crippen molar-refractivity contribution >= 4 is 23.6 Å². The Morgan fingerprint density at radius 3 is 2.75 bits per heavy atom. The summed E-state index contributed by atoms with van der Waals surface area (Å²) in [7, 11) is 0. The van der Waals surface area contributed by atoms with Crippen molar-refractivity contribution < 1.29 is 9.90 Å². The molecule has 0 saturated carbocycles. The van der Waals surface area contributed by atoms with Gasteiger partial charge in [0.2, 0.25) is 5.91 Å². The van der Waals surface area contributed by atoms with E-state index in [1.807, 2.05) is 37.3 Å². The van der Waals surface area contributed by atoms with Crippen LogP contribution in [-0.4, -0.2) is 33.5 Å². The molecule has 24 heavy (non-hydrogen) atoms. The van der Waals surface area contributed by atoms with Gasteiger partial charge >= 0.3 is 0 Å². The van der Waals surface area contributed by atoms with Gasteiger partial charge in [-0.1, -0.05) is 41.9 Å². The lowest BCUT2D eigenvalue weighted by molar-refractivity contribution is -0.128. The van der Waals surface area contributed by atoms with E-state index >= 15 is 0 Å². The molecule has 0 fully saturated rings. The zero-order chi connectivity index (χ0) is 17.4. The van der Waals surface area contributed by atoms with E-state index in [1.54, 1.807) is 29.3 Å². The maximum atomic E-state index is 12.6. The van der Waals surface area contributed by atoms with Crippen molar-refractivity contribution in [2.75, 3.05) is 6.61 Å². The average molecular weight is 345 g/mol. The van der Waals surface area contributed by atoms with Crippen LogP contribution in [0.5, 0.6) is 0 Å². The summed E-state index contributed by atoms with van der Waals surface area (Å²) in [6.45, 7) is 2.49. The minimum Gasteiger partial charge on any atom is -0.396 e. The first-order valence-corrected chi connectivity index (χ1v) is 8.23. The summed E-state index contributed by atoms with van der Waals surface area (Å²) in [6, 6.07) is 13.2. The Balaban J connectivity index is 2.14. The molecule has 4 nitrogen and oxygen atoms in total. The fourth-order valence-electron chi connectivity index (χ4n) is 2.36. The van der Waals surface area contributed by atoms with Gasteiger partial charge in [0.25, 0.3) is 0 Å². The normalized spacial score (nSPS) is 12.3. The SMILES string of the molecule is CC(CCO)N(Cc1ccccc1)C(=O)/C=C/c1ccnc(Cl)c1. The summed E-state index contributed by atoms with van der Waals surface area (Å²) in [5.41, 5.74) is 1.87. The number of aliphatic hydroxyl groups is 1. The second-order valence-corrected chi connectivity index (χ2v) is 5.95. The predicted molar refractivity (Wildman–Crippen MR) is 96.4 cm³/mol. The van der Waals surface area contributed by atoms with Crippen molar-refractivity contribution in [3.05, 3.63) is 71.0 Å². The predicted octanol–water partition coefficient (Wildman–Crippen LogP) is 3.55. The zero-order valence-electron chi connectivity index (χ0n) is 13.6. The quantitative estimate of drug-likeness (QED) is 0.617. The van der Waals surface area contributed by atoms with Gasteiger partial charge in [0, 0.05) is 31.5 Å². The smallest absolute Gasteiger partial charge is 0.247 e. The van der Waals surface area contributed by atoms with Crippen molar-refractivity contribution in [3.8, 4) is 0 Å². The molecule has 1 atom stereocenters. The molecule has 1 aromatic heterocycles. The number of pyridine rings is 1. The molecule has 0 saturated heterocycles. The Morgan fingerprint density at radius 2 is 2.08 bits per heavy atom. The molecule has 5 heteroatoms. The molecular weight excluding hydrogens is 324 g/mol.